The van der Waals surface area contributed by atoms with Crippen molar-refractivity contribution in [1.29, 1.82) is 0 Å². The zero-order chi connectivity index (χ0) is 18.1. The van der Waals surface area contributed by atoms with Gasteiger partial charge in [-0.2, -0.15) is 0 Å². The second-order valence-electron chi connectivity index (χ2n) is 6.49. The van der Waals surface area contributed by atoms with Crippen molar-refractivity contribution in [1.82, 2.24) is 0 Å². The predicted molar refractivity (Wildman–Crippen MR) is 97.6 cm³/mol. The molecule has 0 unspecified atom stereocenters. The van der Waals surface area contributed by atoms with Gasteiger partial charge in [-0.25, -0.2) is 0 Å². The number of rotatable bonds is 3. The summed E-state index contributed by atoms with van der Waals surface area (Å²) in [4.78, 5) is 26.2. The minimum Gasteiger partial charge on any atom is -0.482 e. The number of hydrogen-bond donors (Lipinski definition) is 1. The number of nitrogens with zero attached hydrogens (tertiary/aromatic N) is 1. The molecule has 1 N–H and O–H groups in total. The van der Waals surface area contributed by atoms with E-state index in [1.165, 1.54) is 0 Å². The van der Waals surface area contributed by atoms with Gasteiger partial charge in [0.05, 0.1) is 0 Å². The lowest BCUT2D eigenvalue weighted by Gasteiger charge is -2.31. The summed E-state index contributed by atoms with van der Waals surface area (Å²) in [7, 11) is 0. The van der Waals surface area contributed by atoms with Crippen LogP contribution in [0.2, 0.25) is 0 Å². The summed E-state index contributed by atoms with van der Waals surface area (Å²) in [6.07, 6.45) is 0.350. The third kappa shape index (κ3) is 3.10. The Kier molecular flexibility index (Phi) is 4.24. The van der Waals surface area contributed by atoms with Gasteiger partial charge >= 0.3 is 0 Å². The molecule has 1 fully saturated rings. The Morgan fingerprint density at radius 2 is 1.77 bits per heavy atom. The highest BCUT2D eigenvalue weighted by atomic mass is 16.6. The van der Waals surface area contributed by atoms with E-state index in [1.807, 2.05) is 37.3 Å². The fourth-order valence-electron chi connectivity index (χ4n) is 3.27. The van der Waals surface area contributed by atoms with Gasteiger partial charge < -0.3 is 19.7 Å². The first-order chi connectivity index (χ1) is 12.6. The van der Waals surface area contributed by atoms with Crippen molar-refractivity contribution in [2.75, 3.05) is 16.8 Å². The number of ether oxygens (including phenoxy) is 2. The molecule has 0 spiro atoms. The van der Waals surface area contributed by atoms with Gasteiger partial charge in [-0.05, 0) is 49.7 Å². The van der Waals surface area contributed by atoms with Crippen molar-refractivity contribution in [3.8, 4) is 11.5 Å². The topological polar surface area (TPSA) is 67.9 Å². The summed E-state index contributed by atoms with van der Waals surface area (Å²) < 4.78 is 11.6. The summed E-state index contributed by atoms with van der Waals surface area (Å²) >= 11 is 0. The molecule has 0 bridgehead atoms. The predicted octanol–water partition coefficient (Wildman–Crippen LogP) is 2.98. The van der Waals surface area contributed by atoms with E-state index in [0.717, 1.165) is 18.7 Å². The molecule has 2 heterocycles. The van der Waals surface area contributed by atoms with Crippen LogP contribution in [0.3, 0.4) is 0 Å². The lowest BCUT2D eigenvalue weighted by atomic mass is 10.1. The highest BCUT2D eigenvalue weighted by molar-refractivity contribution is 5.97. The fourth-order valence-corrected chi connectivity index (χ4v) is 3.27. The smallest absolute Gasteiger partial charge is 0.269 e. The molecule has 6 heteroatoms. The Hall–Kier alpha value is -3.02. The highest BCUT2D eigenvalue weighted by Crippen LogP contribution is 2.33. The second kappa shape index (κ2) is 6.71. The molecular formula is C20H20N2O4. The minimum absolute atomic E-state index is 0.141. The minimum atomic E-state index is -0.732. The number of fused-ring (bicyclic) bond motifs is 1. The number of para-hydroxylation sites is 2. The van der Waals surface area contributed by atoms with Crippen LogP contribution in [0.15, 0.2) is 48.5 Å². The fraction of sp³-hybridized carbons (Fsp3) is 0.300. The third-order valence-corrected chi connectivity index (χ3v) is 4.62. The molecule has 0 aromatic heterocycles. The van der Waals surface area contributed by atoms with Crippen LogP contribution >= 0.6 is 0 Å². The van der Waals surface area contributed by atoms with Gasteiger partial charge in [0.25, 0.3) is 5.91 Å². The average molecular weight is 352 g/mol. The molecule has 26 heavy (non-hydrogen) atoms. The maximum atomic E-state index is 12.6. The molecule has 4 rings (SSSR count). The van der Waals surface area contributed by atoms with Crippen LogP contribution in [0.4, 0.5) is 11.4 Å². The summed E-state index contributed by atoms with van der Waals surface area (Å²) in [6, 6.07) is 14.6. The summed E-state index contributed by atoms with van der Waals surface area (Å²) in [5.41, 5.74) is 1.50. The standard InChI is InChI=1S/C20H20N2O4/c1-13-19(26-17-6-3-2-5-16(17)25-13)20(24)21-14-8-10-15(11-9-14)22-12-4-7-18(22)23/h2-3,5-6,8-11,13,19H,4,7,12H2,1H3,(H,21,24)/t13-,19-/m1/s1. The average Bonchev–Trinajstić information content (AvgIpc) is 3.07. The number of nitrogens with one attached hydrogen (secondary N) is 1. The number of benzene rings is 2. The molecule has 2 aromatic carbocycles. The van der Waals surface area contributed by atoms with Crippen molar-refractivity contribution >= 4 is 23.2 Å². The van der Waals surface area contributed by atoms with Crippen molar-refractivity contribution in [3.05, 3.63) is 48.5 Å². The molecular weight excluding hydrogens is 332 g/mol. The third-order valence-electron chi connectivity index (χ3n) is 4.62. The van der Waals surface area contributed by atoms with Crippen molar-refractivity contribution in [3.63, 3.8) is 0 Å². The van der Waals surface area contributed by atoms with E-state index in [9.17, 15) is 9.59 Å². The first-order valence-corrected chi connectivity index (χ1v) is 8.75. The molecule has 1 saturated heterocycles. The van der Waals surface area contributed by atoms with E-state index in [0.29, 0.717) is 23.6 Å². The van der Waals surface area contributed by atoms with Gasteiger partial charge in [0.2, 0.25) is 12.0 Å². The number of amides is 2. The van der Waals surface area contributed by atoms with E-state index in [-0.39, 0.29) is 11.8 Å². The zero-order valence-electron chi connectivity index (χ0n) is 14.5. The number of carbonyl (C=O) groups excluding carboxylic acids is 2. The van der Waals surface area contributed by atoms with Gasteiger partial charge in [0, 0.05) is 24.3 Å². The number of carbonyl (C=O) groups is 2. The van der Waals surface area contributed by atoms with Crippen LogP contribution < -0.4 is 19.7 Å². The molecule has 2 atom stereocenters. The summed E-state index contributed by atoms with van der Waals surface area (Å²) in [5, 5.41) is 2.85. The van der Waals surface area contributed by atoms with Gasteiger partial charge in [-0.1, -0.05) is 12.1 Å². The highest BCUT2D eigenvalue weighted by Gasteiger charge is 2.34. The lowest BCUT2D eigenvalue weighted by molar-refractivity contribution is -0.128. The molecule has 2 aliphatic heterocycles. The quantitative estimate of drug-likeness (QED) is 0.922. The van der Waals surface area contributed by atoms with Crippen LogP contribution in [0.1, 0.15) is 19.8 Å². The largest absolute Gasteiger partial charge is 0.482 e. The first kappa shape index (κ1) is 16.4. The van der Waals surface area contributed by atoms with Crippen LogP contribution in [-0.4, -0.2) is 30.6 Å². The first-order valence-electron chi connectivity index (χ1n) is 8.75. The van der Waals surface area contributed by atoms with Crippen molar-refractivity contribution in [2.45, 2.75) is 32.0 Å². The normalized spacial score (nSPS) is 21.6. The van der Waals surface area contributed by atoms with E-state index in [4.69, 9.17) is 9.47 Å². The molecule has 0 saturated carbocycles. The molecule has 2 aromatic rings. The Morgan fingerprint density at radius 3 is 2.42 bits per heavy atom. The van der Waals surface area contributed by atoms with E-state index in [1.54, 1.807) is 23.1 Å². The Balaban J connectivity index is 1.44. The molecule has 2 amide bonds. The van der Waals surface area contributed by atoms with Crippen LogP contribution in [-0.2, 0) is 9.59 Å². The van der Waals surface area contributed by atoms with Crippen LogP contribution in [0.25, 0.3) is 0 Å². The van der Waals surface area contributed by atoms with Gasteiger partial charge in [-0.15, -0.1) is 0 Å². The monoisotopic (exact) mass is 352 g/mol. The van der Waals surface area contributed by atoms with Crippen molar-refractivity contribution in [2.24, 2.45) is 0 Å². The number of anilines is 2. The molecule has 0 radical (unpaired) electrons. The maximum Gasteiger partial charge on any atom is 0.269 e. The molecule has 134 valence electrons. The summed E-state index contributed by atoms with van der Waals surface area (Å²) in [6.45, 7) is 2.55. The molecule has 6 nitrogen and oxygen atoms in total. The van der Waals surface area contributed by atoms with E-state index in [2.05, 4.69) is 5.32 Å². The maximum absolute atomic E-state index is 12.6. The Morgan fingerprint density at radius 1 is 1.08 bits per heavy atom. The Labute approximate surface area is 151 Å². The van der Waals surface area contributed by atoms with Crippen LogP contribution in [0.5, 0.6) is 11.5 Å². The molecule has 2 aliphatic rings. The van der Waals surface area contributed by atoms with Gasteiger partial charge in [0.1, 0.15) is 6.10 Å². The molecule has 0 aliphatic carbocycles. The Bertz CT molecular complexity index is 834. The van der Waals surface area contributed by atoms with E-state index < -0.39 is 12.2 Å². The van der Waals surface area contributed by atoms with Crippen molar-refractivity contribution < 1.29 is 19.1 Å². The summed E-state index contributed by atoms with van der Waals surface area (Å²) in [5.74, 6) is 1.08. The van der Waals surface area contributed by atoms with E-state index >= 15 is 0 Å². The van der Waals surface area contributed by atoms with Gasteiger partial charge in [-0.3, -0.25) is 9.59 Å². The number of hydrogen-bond acceptors (Lipinski definition) is 4. The SMILES string of the molecule is C[C@H]1Oc2ccccc2O[C@H]1C(=O)Nc1ccc(N2CCCC2=O)cc1. The zero-order valence-corrected chi connectivity index (χ0v) is 14.5. The van der Waals surface area contributed by atoms with Crippen LogP contribution in [0, 0.1) is 0 Å². The second-order valence-corrected chi connectivity index (χ2v) is 6.49. The van der Waals surface area contributed by atoms with Gasteiger partial charge in [0.15, 0.2) is 11.5 Å². The lowest BCUT2D eigenvalue weighted by Crippen LogP contribution is -2.46.